The van der Waals surface area contributed by atoms with Crippen molar-refractivity contribution in [1.29, 1.82) is 0 Å². The fourth-order valence-corrected chi connectivity index (χ4v) is 3.40. The van der Waals surface area contributed by atoms with Gasteiger partial charge in [0.15, 0.2) is 0 Å². The Morgan fingerprint density at radius 3 is 2.70 bits per heavy atom. The van der Waals surface area contributed by atoms with Crippen LogP contribution in [0.15, 0.2) is 18.2 Å². The number of anilines is 1. The van der Waals surface area contributed by atoms with Gasteiger partial charge in [0.25, 0.3) is 5.91 Å². The van der Waals surface area contributed by atoms with Crippen LogP contribution in [0.3, 0.4) is 0 Å². The number of thioether (sulfide) groups is 1. The lowest BCUT2D eigenvalue weighted by molar-refractivity contribution is -0.136. The minimum Gasteiger partial charge on any atom is -0.398 e. The van der Waals surface area contributed by atoms with E-state index >= 15 is 0 Å². The van der Waals surface area contributed by atoms with Gasteiger partial charge in [0.05, 0.1) is 5.56 Å². The molecule has 0 radical (unpaired) electrons. The maximum absolute atomic E-state index is 12.8. The zero-order valence-corrected chi connectivity index (χ0v) is 11.7. The van der Waals surface area contributed by atoms with Crippen molar-refractivity contribution in [2.75, 3.05) is 24.3 Å². The molecule has 110 valence electrons. The van der Waals surface area contributed by atoms with Crippen LogP contribution in [-0.4, -0.2) is 35.4 Å². The number of hydrogen-bond donors (Lipinski definition) is 1. The van der Waals surface area contributed by atoms with E-state index in [1.165, 1.54) is 11.0 Å². The fraction of sp³-hybridized carbons (Fsp3) is 0.462. The van der Waals surface area contributed by atoms with Gasteiger partial charge in [0, 0.05) is 30.1 Å². The molecule has 0 aliphatic carbocycles. The van der Waals surface area contributed by atoms with Crippen LogP contribution in [-0.2, 0) is 6.18 Å². The zero-order valence-electron chi connectivity index (χ0n) is 10.9. The Morgan fingerprint density at radius 1 is 1.45 bits per heavy atom. The van der Waals surface area contributed by atoms with Crippen LogP contribution in [0.2, 0.25) is 0 Å². The molecule has 1 heterocycles. The molecule has 1 unspecified atom stereocenters. The molecule has 1 atom stereocenters. The molecule has 1 amide bonds. The third-order valence-electron chi connectivity index (χ3n) is 3.38. The van der Waals surface area contributed by atoms with E-state index < -0.39 is 17.6 Å². The highest BCUT2D eigenvalue weighted by atomic mass is 32.2. The second kappa shape index (κ2) is 5.55. The molecule has 7 heteroatoms. The molecular formula is C13H15F3N2OS. The molecule has 1 aromatic rings. The van der Waals surface area contributed by atoms with Crippen LogP contribution in [0.4, 0.5) is 18.9 Å². The van der Waals surface area contributed by atoms with E-state index in [2.05, 4.69) is 0 Å². The number of hydrogen-bond acceptors (Lipinski definition) is 3. The molecule has 0 spiro atoms. The minimum absolute atomic E-state index is 0.0194. The summed E-state index contributed by atoms with van der Waals surface area (Å²) in [5.41, 5.74) is 4.02. The van der Waals surface area contributed by atoms with Gasteiger partial charge < -0.3 is 10.6 Å². The molecule has 1 aliphatic heterocycles. The smallest absolute Gasteiger partial charge is 0.398 e. The summed E-state index contributed by atoms with van der Waals surface area (Å²) in [4.78, 5) is 13.8. The van der Waals surface area contributed by atoms with Gasteiger partial charge in [0.2, 0.25) is 0 Å². The van der Waals surface area contributed by atoms with Crippen LogP contribution in [0, 0.1) is 0 Å². The van der Waals surface area contributed by atoms with Crippen molar-refractivity contribution in [3.05, 3.63) is 29.3 Å². The van der Waals surface area contributed by atoms with Crippen molar-refractivity contribution in [2.24, 2.45) is 0 Å². The Kier molecular flexibility index (Phi) is 4.17. The lowest BCUT2D eigenvalue weighted by Crippen LogP contribution is -2.37. The summed E-state index contributed by atoms with van der Waals surface area (Å²) in [6.45, 7) is 0. The number of nitrogen functional groups attached to an aromatic ring is 1. The summed E-state index contributed by atoms with van der Waals surface area (Å²) in [5, 5.41) is 0. The summed E-state index contributed by atoms with van der Waals surface area (Å²) in [6.07, 6.45) is -3.68. The van der Waals surface area contributed by atoms with Gasteiger partial charge >= 0.3 is 6.18 Å². The Balaban J connectivity index is 2.26. The Hall–Kier alpha value is -1.37. The normalized spacial score (nSPS) is 19.1. The molecule has 2 rings (SSSR count). The first-order valence-electron chi connectivity index (χ1n) is 6.12. The van der Waals surface area contributed by atoms with E-state index in [-0.39, 0.29) is 17.3 Å². The van der Waals surface area contributed by atoms with Crippen molar-refractivity contribution in [3.8, 4) is 0 Å². The zero-order chi connectivity index (χ0) is 14.9. The van der Waals surface area contributed by atoms with Gasteiger partial charge in [-0.2, -0.15) is 24.9 Å². The second-order valence-electron chi connectivity index (χ2n) is 4.73. The Morgan fingerprint density at radius 2 is 2.15 bits per heavy atom. The van der Waals surface area contributed by atoms with E-state index in [9.17, 15) is 18.0 Å². The third kappa shape index (κ3) is 3.03. The number of amides is 1. The molecule has 1 aliphatic rings. The molecular weight excluding hydrogens is 289 g/mol. The first kappa shape index (κ1) is 15.0. The summed E-state index contributed by atoms with van der Waals surface area (Å²) in [7, 11) is 1.63. The van der Waals surface area contributed by atoms with Crippen molar-refractivity contribution in [3.63, 3.8) is 0 Å². The van der Waals surface area contributed by atoms with Crippen molar-refractivity contribution >= 4 is 23.4 Å². The lowest BCUT2D eigenvalue weighted by Gasteiger charge is -2.24. The summed E-state index contributed by atoms with van der Waals surface area (Å²) in [5.74, 6) is 1.39. The fourth-order valence-electron chi connectivity index (χ4n) is 2.13. The monoisotopic (exact) mass is 304 g/mol. The molecule has 0 saturated carbocycles. The molecule has 3 nitrogen and oxygen atoms in total. The lowest BCUT2D eigenvalue weighted by atomic mass is 10.1. The number of rotatable bonds is 2. The van der Waals surface area contributed by atoms with E-state index in [1.807, 2.05) is 0 Å². The van der Waals surface area contributed by atoms with Gasteiger partial charge in [-0.1, -0.05) is 0 Å². The first-order valence-corrected chi connectivity index (χ1v) is 7.28. The Labute approximate surface area is 119 Å². The maximum atomic E-state index is 12.8. The number of nitrogens with two attached hydrogens (primary N) is 1. The van der Waals surface area contributed by atoms with Crippen molar-refractivity contribution in [2.45, 2.75) is 18.6 Å². The SMILES string of the molecule is CN(C(=O)c1ccc(N)c(C(F)(F)F)c1)C1CCSC1. The summed E-state index contributed by atoms with van der Waals surface area (Å²) < 4.78 is 38.4. The van der Waals surface area contributed by atoms with E-state index in [0.717, 1.165) is 30.1 Å². The van der Waals surface area contributed by atoms with E-state index in [0.29, 0.717) is 0 Å². The topological polar surface area (TPSA) is 46.3 Å². The van der Waals surface area contributed by atoms with Crippen molar-refractivity contribution < 1.29 is 18.0 Å². The van der Waals surface area contributed by atoms with Crippen LogP contribution >= 0.6 is 11.8 Å². The van der Waals surface area contributed by atoms with Gasteiger partial charge in [0.1, 0.15) is 0 Å². The largest absolute Gasteiger partial charge is 0.418 e. The average molecular weight is 304 g/mol. The molecule has 2 N–H and O–H groups in total. The average Bonchev–Trinajstić information content (AvgIpc) is 2.90. The van der Waals surface area contributed by atoms with Gasteiger partial charge in [-0.15, -0.1) is 0 Å². The minimum atomic E-state index is -4.55. The number of alkyl halides is 3. The molecule has 0 aromatic heterocycles. The number of carbonyl (C=O) groups excluding carboxylic acids is 1. The van der Waals surface area contributed by atoms with E-state index in [4.69, 9.17) is 5.73 Å². The van der Waals surface area contributed by atoms with Crippen LogP contribution < -0.4 is 5.73 Å². The molecule has 0 bridgehead atoms. The number of carbonyl (C=O) groups is 1. The van der Waals surface area contributed by atoms with Gasteiger partial charge in [-0.3, -0.25) is 4.79 Å². The molecule has 20 heavy (non-hydrogen) atoms. The first-order chi connectivity index (χ1) is 9.30. The van der Waals surface area contributed by atoms with Crippen molar-refractivity contribution in [1.82, 2.24) is 4.90 Å². The van der Waals surface area contributed by atoms with Gasteiger partial charge in [-0.25, -0.2) is 0 Å². The third-order valence-corrected chi connectivity index (χ3v) is 4.52. The van der Waals surface area contributed by atoms with Crippen LogP contribution in [0.1, 0.15) is 22.3 Å². The van der Waals surface area contributed by atoms with Gasteiger partial charge in [-0.05, 0) is 30.4 Å². The Bertz CT molecular complexity index is 513. The molecule has 1 aromatic carbocycles. The summed E-state index contributed by atoms with van der Waals surface area (Å²) in [6, 6.07) is 3.38. The predicted octanol–water partition coefficient (Wildman–Crippen LogP) is 2.87. The van der Waals surface area contributed by atoms with Crippen LogP contribution in [0.5, 0.6) is 0 Å². The highest BCUT2D eigenvalue weighted by molar-refractivity contribution is 7.99. The molecule has 1 saturated heterocycles. The highest BCUT2D eigenvalue weighted by Gasteiger charge is 2.34. The summed E-state index contributed by atoms with van der Waals surface area (Å²) >= 11 is 1.74. The number of halogens is 3. The standard InChI is InChI=1S/C13H15F3N2OS/c1-18(9-4-5-20-7-9)12(19)8-2-3-11(17)10(6-8)13(14,15)16/h2-3,6,9H,4-5,7,17H2,1H3. The quantitative estimate of drug-likeness (QED) is 0.855. The van der Waals surface area contributed by atoms with Crippen LogP contribution in [0.25, 0.3) is 0 Å². The maximum Gasteiger partial charge on any atom is 0.418 e. The highest BCUT2D eigenvalue weighted by Crippen LogP contribution is 2.34. The van der Waals surface area contributed by atoms with E-state index in [1.54, 1.807) is 18.8 Å². The number of nitrogens with zero attached hydrogens (tertiary/aromatic N) is 1. The predicted molar refractivity (Wildman–Crippen MR) is 73.7 cm³/mol. The molecule has 1 fully saturated rings. The second-order valence-corrected chi connectivity index (χ2v) is 5.88. The number of benzene rings is 1.